The van der Waals surface area contributed by atoms with Crippen molar-refractivity contribution < 1.29 is 19.1 Å². The minimum absolute atomic E-state index is 0.132. The van der Waals surface area contributed by atoms with Gasteiger partial charge in [-0.1, -0.05) is 41.1 Å². The molecule has 2 aromatic carbocycles. The summed E-state index contributed by atoms with van der Waals surface area (Å²) in [6, 6.07) is 12.7. The summed E-state index contributed by atoms with van der Waals surface area (Å²) in [4.78, 5) is 16.5. The van der Waals surface area contributed by atoms with Crippen LogP contribution in [-0.2, 0) is 9.63 Å². The van der Waals surface area contributed by atoms with E-state index in [9.17, 15) is 4.79 Å². The molecule has 0 unspecified atom stereocenters. The number of hydrogen-bond acceptors (Lipinski definition) is 5. The first-order chi connectivity index (χ1) is 12.0. The molecule has 0 saturated heterocycles. The lowest BCUT2D eigenvalue weighted by Gasteiger charge is -2.07. The average Bonchev–Trinajstić information content (AvgIpc) is 2.64. The lowest BCUT2D eigenvalue weighted by Crippen LogP contribution is -2.14. The summed E-state index contributed by atoms with van der Waals surface area (Å²) in [6.07, 6.45) is 2.84. The Labute approximate surface area is 146 Å². The number of nitrogens with zero attached hydrogens (tertiary/aromatic N) is 1. The smallest absolute Gasteiger partial charge is 0.358 e. The van der Waals surface area contributed by atoms with Crippen molar-refractivity contribution >= 4 is 17.9 Å². The Morgan fingerprint density at radius 1 is 1.04 bits per heavy atom. The summed E-state index contributed by atoms with van der Waals surface area (Å²) < 4.78 is 10.4. The number of ether oxygens (including phenoxy) is 2. The number of benzene rings is 2. The maximum Gasteiger partial charge on any atom is 0.358 e. The molecule has 0 aliphatic rings. The first-order valence-corrected chi connectivity index (χ1v) is 7.55. The minimum Gasteiger partial charge on any atom is -0.493 e. The van der Waals surface area contributed by atoms with Crippen molar-refractivity contribution in [2.75, 3.05) is 14.2 Å². The molecule has 0 heterocycles. The van der Waals surface area contributed by atoms with Gasteiger partial charge in [-0.25, -0.2) is 4.79 Å². The fourth-order valence-electron chi connectivity index (χ4n) is 2.02. The fourth-order valence-corrected chi connectivity index (χ4v) is 2.02. The molecule has 6 nitrogen and oxygen atoms in total. The molecule has 2 rings (SSSR count). The molecule has 6 heteroatoms. The highest BCUT2D eigenvalue weighted by molar-refractivity contribution is 5.97. The zero-order valence-corrected chi connectivity index (χ0v) is 14.4. The zero-order chi connectivity index (χ0) is 18.2. The summed E-state index contributed by atoms with van der Waals surface area (Å²) in [6.45, 7) is 1.97. The molecule has 130 valence electrons. The summed E-state index contributed by atoms with van der Waals surface area (Å²) >= 11 is 0. The molecule has 0 aliphatic heterocycles. The van der Waals surface area contributed by atoms with Crippen molar-refractivity contribution in [2.24, 2.45) is 10.9 Å². The Morgan fingerprint density at radius 2 is 1.72 bits per heavy atom. The number of nitrogens with two attached hydrogens (primary N) is 1. The van der Waals surface area contributed by atoms with E-state index in [0.29, 0.717) is 17.1 Å². The number of carbonyl (C=O) groups is 1. The Kier molecular flexibility index (Phi) is 6.17. The third-order valence-corrected chi connectivity index (χ3v) is 3.40. The largest absolute Gasteiger partial charge is 0.493 e. The quantitative estimate of drug-likeness (QED) is 0.287. The Hall–Kier alpha value is -3.28. The van der Waals surface area contributed by atoms with Gasteiger partial charge in [0.15, 0.2) is 17.3 Å². The van der Waals surface area contributed by atoms with E-state index >= 15 is 0 Å². The van der Waals surface area contributed by atoms with Gasteiger partial charge in [-0.3, -0.25) is 0 Å². The second kappa shape index (κ2) is 8.54. The molecule has 0 bridgehead atoms. The van der Waals surface area contributed by atoms with E-state index in [-0.39, 0.29) is 5.84 Å². The molecule has 2 N–H and O–H groups in total. The predicted molar refractivity (Wildman–Crippen MR) is 96.6 cm³/mol. The van der Waals surface area contributed by atoms with Crippen LogP contribution in [-0.4, -0.2) is 26.0 Å². The number of oxime groups is 1. The van der Waals surface area contributed by atoms with E-state index in [4.69, 9.17) is 20.0 Å². The lowest BCUT2D eigenvalue weighted by atomic mass is 10.1. The van der Waals surface area contributed by atoms with Gasteiger partial charge in [0.2, 0.25) is 0 Å². The molecule has 0 radical (unpaired) electrons. The average molecular weight is 340 g/mol. The number of amidine groups is 1. The van der Waals surface area contributed by atoms with Gasteiger partial charge in [0.1, 0.15) is 0 Å². The van der Waals surface area contributed by atoms with Gasteiger partial charge in [0.25, 0.3) is 0 Å². The highest BCUT2D eigenvalue weighted by Gasteiger charge is 2.04. The van der Waals surface area contributed by atoms with Crippen LogP contribution in [0.15, 0.2) is 53.7 Å². The molecule has 0 fully saturated rings. The van der Waals surface area contributed by atoms with Crippen molar-refractivity contribution in [2.45, 2.75) is 6.92 Å². The molecular formula is C19H20N2O4. The standard InChI is InChI=1S/C19H20N2O4/c1-13-4-8-15(9-5-13)19(20)21-25-18(22)11-7-14-6-10-16(23-2)17(12-14)24-3/h4-12H,1-3H3,(H2,20,21)/b11-7+. The number of rotatable bonds is 6. The first kappa shape index (κ1) is 18.1. The number of hydrogen-bond donors (Lipinski definition) is 1. The van der Waals surface area contributed by atoms with Crippen LogP contribution in [0, 0.1) is 6.92 Å². The SMILES string of the molecule is COc1ccc(/C=C/C(=O)O/N=C(/N)c2ccc(C)cc2)cc1OC. The van der Waals surface area contributed by atoms with Crippen LogP contribution in [0.25, 0.3) is 6.08 Å². The molecule has 25 heavy (non-hydrogen) atoms. The van der Waals surface area contributed by atoms with Crippen molar-refractivity contribution in [1.29, 1.82) is 0 Å². The molecule has 0 aromatic heterocycles. The van der Waals surface area contributed by atoms with Crippen molar-refractivity contribution in [1.82, 2.24) is 0 Å². The lowest BCUT2D eigenvalue weighted by molar-refractivity contribution is -0.137. The Balaban J connectivity index is 2.01. The van der Waals surface area contributed by atoms with E-state index in [1.807, 2.05) is 31.2 Å². The minimum atomic E-state index is -0.634. The van der Waals surface area contributed by atoms with Crippen LogP contribution in [0.2, 0.25) is 0 Å². The third kappa shape index (κ3) is 5.10. The van der Waals surface area contributed by atoms with E-state index in [1.165, 1.54) is 6.08 Å². The van der Waals surface area contributed by atoms with E-state index < -0.39 is 5.97 Å². The summed E-state index contributed by atoms with van der Waals surface area (Å²) in [5.74, 6) is 0.676. The van der Waals surface area contributed by atoms with Crippen LogP contribution in [0.5, 0.6) is 11.5 Å². The molecule has 0 amide bonds. The van der Waals surface area contributed by atoms with E-state index in [1.54, 1.807) is 38.5 Å². The van der Waals surface area contributed by atoms with Gasteiger partial charge in [0, 0.05) is 11.6 Å². The molecule has 0 aliphatic carbocycles. The van der Waals surface area contributed by atoms with Crippen LogP contribution < -0.4 is 15.2 Å². The van der Waals surface area contributed by atoms with Crippen LogP contribution in [0.1, 0.15) is 16.7 Å². The molecule has 0 saturated carbocycles. The van der Waals surface area contributed by atoms with Crippen molar-refractivity contribution in [3.63, 3.8) is 0 Å². The topological polar surface area (TPSA) is 83.1 Å². The first-order valence-electron chi connectivity index (χ1n) is 7.55. The highest BCUT2D eigenvalue weighted by Crippen LogP contribution is 2.27. The molecule has 2 aromatic rings. The number of methoxy groups -OCH3 is 2. The van der Waals surface area contributed by atoms with Crippen molar-refractivity contribution in [3.8, 4) is 11.5 Å². The predicted octanol–water partition coefficient (Wildman–Crippen LogP) is 2.89. The van der Waals surface area contributed by atoms with E-state index in [0.717, 1.165) is 11.1 Å². The summed E-state index contributed by atoms with van der Waals surface area (Å²) in [5, 5.41) is 3.65. The molecule has 0 spiro atoms. The fraction of sp³-hybridized carbons (Fsp3) is 0.158. The highest BCUT2D eigenvalue weighted by atomic mass is 16.7. The Morgan fingerprint density at radius 3 is 2.36 bits per heavy atom. The number of aryl methyl sites for hydroxylation is 1. The molecular weight excluding hydrogens is 320 g/mol. The summed E-state index contributed by atoms with van der Waals surface area (Å²) in [7, 11) is 3.10. The van der Waals surface area contributed by atoms with Gasteiger partial charge >= 0.3 is 5.97 Å². The van der Waals surface area contributed by atoms with Gasteiger partial charge in [-0.2, -0.15) is 0 Å². The normalized spacial score (nSPS) is 11.4. The third-order valence-electron chi connectivity index (χ3n) is 3.40. The van der Waals surface area contributed by atoms with Crippen molar-refractivity contribution in [3.05, 3.63) is 65.2 Å². The summed E-state index contributed by atoms with van der Waals surface area (Å²) in [5.41, 5.74) is 8.33. The van der Waals surface area contributed by atoms with Crippen LogP contribution >= 0.6 is 0 Å². The Bertz CT molecular complexity index is 796. The zero-order valence-electron chi connectivity index (χ0n) is 14.4. The van der Waals surface area contributed by atoms with Gasteiger partial charge in [0.05, 0.1) is 14.2 Å². The monoisotopic (exact) mass is 340 g/mol. The van der Waals surface area contributed by atoms with Crippen LogP contribution in [0.4, 0.5) is 0 Å². The van der Waals surface area contributed by atoms with E-state index in [2.05, 4.69) is 5.16 Å². The molecule has 0 atom stereocenters. The van der Waals surface area contributed by atoms with Gasteiger partial charge < -0.3 is 20.0 Å². The maximum absolute atomic E-state index is 11.8. The number of carbonyl (C=O) groups excluding carboxylic acids is 1. The maximum atomic E-state index is 11.8. The van der Waals surface area contributed by atoms with Crippen LogP contribution in [0.3, 0.4) is 0 Å². The van der Waals surface area contributed by atoms with Gasteiger partial charge in [-0.05, 0) is 30.7 Å². The van der Waals surface area contributed by atoms with Gasteiger partial charge in [-0.15, -0.1) is 0 Å². The second-order valence-electron chi connectivity index (χ2n) is 5.20. The second-order valence-corrected chi connectivity index (χ2v) is 5.20.